The van der Waals surface area contributed by atoms with Crippen molar-refractivity contribution in [1.29, 1.82) is 0 Å². The molecule has 0 unspecified atom stereocenters. The molecule has 1 aliphatic carbocycles. The van der Waals surface area contributed by atoms with Gasteiger partial charge in [0.25, 0.3) is 0 Å². The average molecular weight is 356 g/mol. The van der Waals surface area contributed by atoms with Crippen LogP contribution in [0.2, 0.25) is 5.28 Å². The van der Waals surface area contributed by atoms with Crippen molar-refractivity contribution in [3.8, 4) is 5.75 Å². The minimum absolute atomic E-state index is 0.225. The van der Waals surface area contributed by atoms with Crippen molar-refractivity contribution in [2.24, 2.45) is 0 Å². The lowest BCUT2D eigenvalue weighted by Crippen LogP contribution is -2.29. The Balaban J connectivity index is 1.45. The average Bonchev–Trinajstić information content (AvgIpc) is 3.00. The summed E-state index contributed by atoms with van der Waals surface area (Å²) in [6.45, 7) is 1.33. The number of para-hydroxylation sites is 1. The Morgan fingerprint density at radius 1 is 1.24 bits per heavy atom. The number of nitrogens with zero attached hydrogens (tertiary/aromatic N) is 2. The Hall–Kier alpha value is -2.47. The summed E-state index contributed by atoms with van der Waals surface area (Å²) in [6.07, 6.45) is 2.99. The van der Waals surface area contributed by atoms with Gasteiger partial charge in [0, 0.05) is 22.6 Å². The largest absolute Gasteiger partial charge is 0.485 e. The highest BCUT2D eigenvalue weighted by atomic mass is 35.5. The lowest BCUT2D eigenvalue weighted by atomic mass is 9.91. The van der Waals surface area contributed by atoms with E-state index in [0.717, 1.165) is 25.8 Å². The SMILES string of the molecule is Clc1nc2c(c(N[C@@H]3CCc4[nH]c5ccccc5c4C3)n1)OCCN2. The molecule has 7 heteroatoms. The molecule has 0 radical (unpaired) electrons. The Labute approximate surface area is 150 Å². The number of aryl methyl sites for hydroxylation is 1. The lowest BCUT2D eigenvalue weighted by Gasteiger charge is -2.27. The normalized spacial score (nSPS) is 18.8. The molecule has 128 valence electrons. The van der Waals surface area contributed by atoms with Crippen molar-refractivity contribution in [2.75, 3.05) is 23.8 Å². The number of ether oxygens (including phenoxy) is 1. The second-order valence-electron chi connectivity index (χ2n) is 6.51. The third kappa shape index (κ3) is 2.57. The van der Waals surface area contributed by atoms with E-state index in [4.69, 9.17) is 16.3 Å². The molecule has 0 fully saturated rings. The van der Waals surface area contributed by atoms with Crippen LogP contribution in [0.4, 0.5) is 11.6 Å². The van der Waals surface area contributed by atoms with Gasteiger partial charge in [0.2, 0.25) is 11.0 Å². The number of fused-ring (bicyclic) bond motifs is 4. The van der Waals surface area contributed by atoms with Crippen LogP contribution in [-0.4, -0.2) is 34.1 Å². The zero-order chi connectivity index (χ0) is 16.8. The van der Waals surface area contributed by atoms with Gasteiger partial charge in [0.1, 0.15) is 6.61 Å². The molecule has 6 nitrogen and oxygen atoms in total. The fourth-order valence-corrected chi connectivity index (χ4v) is 3.96. The highest BCUT2D eigenvalue weighted by molar-refractivity contribution is 6.28. The number of aromatic amines is 1. The summed E-state index contributed by atoms with van der Waals surface area (Å²) in [6, 6.07) is 8.76. The predicted octanol–water partition coefficient (Wildman–Crippen LogP) is 3.39. The molecule has 2 aliphatic rings. The van der Waals surface area contributed by atoms with E-state index in [9.17, 15) is 0 Å². The van der Waals surface area contributed by atoms with Crippen LogP contribution in [0.25, 0.3) is 10.9 Å². The van der Waals surface area contributed by atoms with E-state index in [1.54, 1.807) is 0 Å². The van der Waals surface area contributed by atoms with E-state index in [-0.39, 0.29) is 11.3 Å². The van der Waals surface area contributed by atoms with E-state index in [1.165, 1.54) is 22.2 Å². The molecular weight excluding hydrogens is 338 g/mol. The van der Waals surface area contributed by atoms with E-state index in [0.29, 0.717) is 24.0 Å². The van der Waals surface area contributed by atoms with Crippen LogP contribution in [0.1, 0.15) is 17.7 Å². The number of halogens is 1. The van der Waals surface area contributed by atoms with E-state index >= 15 is 0 Å². The van der Waals surface area contributed by atoms with Crippen LogP contribution >= 0.6 is 11.6 Å². The molecule has 2 aromatic heterocycles. The Morgan fingerprint density at radius 3 is 3.12 bits per heavy atom. The minimum atomic E-state index is 0.225. The Morgan fingerprint density at radius 2 is 2.16 bits per heavy atom. The van der Waals surface area contributed by atoms with Gasteiger partial charge in [-0.25, -0.2) is 0 Å². The molecule has 0 saturated heterocycles. The van der Waals surface area contributed by atoms with E-state index in [2.05, 4.69) is 49.9 Å². The molecule has 0 saturated carbocycles. The lowest BCUT2D eigenvalue weighted by molar-refractivity contribution is 0.321. The molecule has 0 bridgehead atoms. The third-order valence-corrected chi connectivity index (χ3v) is 5.08. The van der Waals surface area contributed by atoms with Gasteiger partial charge in [-0.3, -0.25) is 0 Å². The molecule has 1 aliphatic heterocycles. The Kier molecular flexibility index (Phi) is 3.45. The molecule has 3 N–H and O–H groups in total. The number of hydrogen-bond acceptors (Lipinski definition) is 5. The second kappa shape index (κ2) is 5.81. The van der Waals surface area contributed by atoms with Gasteiger partial charge in [0.05, 0.1) is 6.54 Å². The van der Waals surface area contributed by atoms with Crippen molar-refractivity contribution in [2.45, 2.75) is 25.3 Å². The van der Waals surface area contributed by atoms with Crippen LogP contribution in [0.5, 0.6) is 5.75 Å². The van der Waals surface area contributed by atoms with E-state index < -0.39 is 0 Å². The molecule has 25 heavy (non-hydrogen) atoms. The molecule has 1 atom stereocenters. The highest BCUT2D eigenvalue weighted by Crippen LogP contribution is 2.36. The van der Waals surface area contributed by atoms with Crippen LogP contribution in [0.3, 0.4) is 0 Å². The summed E-state index contributed by atoms with van der Waals surface area (Å²) in [5.74, 6) is 2.01. The first-order chi connectivity index (χ1) is 12.3. The molecular formula is C18H18ClN5O. The van der Waals surface area contributed by atoms with Crippen molar-refractivity contribution >= 4 is 34.1 Å². The van der Waals surface area contributed by atoms with Gasteiger partial charge in [-0.05, 0) is 42.5 Å². The molecule has 3 heterocycles. The first-order valence-corrected chi connectivity index (χ1v) is 8.95. The zero-order valence-electron chi connectivity index (χ0n) is 13.6. The first-order valence-electron chi connectivity index (χ1n) is 8.57. The molecule has 3 aromatic rings. The van der Waals surface area contributed by atoms with Crippen LogP contribution in [0.15, 0.2) is 24.3 Å². The molecule has 0 amide bonds. The van der Waals surface area contributed by atoms with Gasteiger partial charge < -0.3 is 20.4 Å². The Bertz CT molecular complexity index is 954. The predicted molar refractivity (Wildman–Crippen MR) is 98.8 cm³/mol. The summed E-state index contributed by atoms with van der Waals surface area (Å²) in [5.41, 5.74) is 3.95. The summed E-state index contributed by atoms with van der Waals surface area (Å²) in [4.78, 5) is 12.1. The van der Waals surface area contributed by atoms with Crippen molar-refractivity contribution in [3.05, 3.63) is 40.8 Å². The van der Waals surface area contributed by atoms with Crippen molar-refractivity contribution in [3.63, 3.8) is 0 Å². The van der Waals surface area contributed by atoms with Crippen molar-refractivity contribution in [1.82, 2.24) is 15.0 Å². The minimum Gasteiger partial charge on any atom is -0.485 e. The van der Waals surface area contributed by atoms with Crippen LogP contribution in [-0.2, 0) is 12.8 Å². The van der Waals surface area contributed by atoms with Crippen LogP contribution in [0, 0.1) is 0 Å². The summed E-state index contributed by atoms with van der Waals surface area (Å²) in [5, 5.41) is 8.28. The number of hydrogen-bond donors (Lipinski definition) is 3. The quantitative estimate of drug-likeness (QED) is 0.614. The zero-order valence-corrected chi connectivity index (χ0v) is 14.4. The summed E-state index contributed by atoms with van der Waals surface area (Å²) in [7, 11) is 0. The van der Waals surface area contributed by atoms with Crippen molar-refractivity contribution < 1.29 is 4.74 Å². The van der Waals surface area contributed by atoms with Crippen LogP contribution < -0.4 is 15.4 Å². The number of rotatable bonds is 2. The number of H-pyrrole nitrogens is 1. The van der Waals surface area contributed by atoms with Gasteiger partial charge in [-0.15, -0.1) is 0 Å². The number of nitrogens with one attached hydrogen (secondary N) is 3. The molecule has 5 rings (SSSR count). The fraction of sp³-hybridized carbons (Fsp3) is 0.333. The second-order valence-corrected chi connectivity index (χ2v) is 6.84. The molecule has 1 aromatic carbocycles. The maximum atomic E-state index is 6.08. The van der Waals surface area contributed by atoms with Gasteiger partial charge in [-0.2, -0.15) is 9.97 Å². The maximum absolute atomic E-state index is 6.08. The fourth-order valence-electron chi connectivity index (χ4n) is 3.79. The standard InChI is InChI=1S/C18H18ClN5O/c19-18-23-16-15(25-8-7-20-16)17(24-18)21-10-5-6-14-12(9-10)11-3-1-2-4-13(11)22-14/h1-4,10,22H,5-9H2,(H2,20,21,23,24)/t10-/m1/s1. The smallest absolute Gasteiger partial charge is 0.226 e. The monoisotopic (exact) mass is 355 g/mol. The summed E-state index contributed by atoms with van der Waals surface area (Å²) < 4.78 is 5.76. The van der Waals surface area contributed by atoms with Gasteiger partial charge in [0.15, 0.2) is 11.6 Å². The number of benzene rings is 1. The van der Waals surface area contributed by atoms with Gasteiger partial charge >= 0.3 is 0 Å². The van der Waals surface area contributed by atoms with Gasteiger partial charge in [-0.1, -0.05) is 18.2 Å². The van der Waals surface area contributed by atoms with E-state index in [1.807, 2.05) is 0 Å². The number of aromatic nitrogens is 3. The number of anilines is 2. The maximum Gasteiger partial charge on any atom is 0.226 e. The highest BCUT2D eigenvalue weighted by Gasteiger charge is 2.25. The molecule has 0 spiro atoms. The third-order valence-electron chi connectivity index (χ3n) is 4.92. The topological polar surface area (TPSA) is 74.9 Å². The first kappa shape index (κ1) is 14.8. The summed E-state index contributed by atoms with van der Waals surface area (Å²) >= 11 is 6.08.